The van der Waals surface area contributed by atoms with Gasteiger partial charge in [-0.1, -0.05) is 0 Å². The number of fused-ring (bicyclic) bond motifs is 1. The number of thioether (sulfide) groups is 1. The monoisotopic (exact) mass is 420 g/mol. The normalized spacial score (nSPS) is 33.3. The number of nitrogens with zero attached hydrogens (tertiary/aromatic N) is 6. The number of aromatic nitrogens is 5. The van der Waals surface area contributed by atoms with Crippen molar-refractivity contribution in [3.8, 4) is 0 Å². The molecule has 2 aromatic rings. The van der Waals surface area contributed by atoms with E-state index in [4.69, 9.17) is 0 Å². The van der Waals surface area contributed by atoms with Gasteiger partial charge >= 0.3 is 0 Å². The van der Waals surface area contributed by atoms with Crippen LogP contribution >= 0.6 is 23.3 Å². The first-order chi connectivity index (χ1) is 13.2. The first kappa shape index (κ1) is 18.0. The molecule has 2 amide bonds. The fourth-order valence-corrected chi connectivity index (χ4v) is 6.74. The Labute approximate surface area is 169 Å². The molecule has 10 nitrogen and oxygen atoms in total. The molecule has 2 aromatic heterocycles. The van der Waals surface area contributed by atoms with Crippen molar-refractivity contribution in [3.05, 3.63) is 23.0 Å². The van der Waals surface area contributed by atoms with Gasteiger partial charge in [0.15, 0.2) is 5.82 Å². The van der Waals surface area contributed by atoms with Crippen LogP contribution in [-0.2, 0) is 9.59 Å². The number of β-lactam (4-membered cyclic amide) rings is 1. The summed E-state index contributed by atoms with van der Waals surface area (Å²) in [7, 11) is 0. The second kappa shape index (κ2) is 5.74. The summed E-state index contributed by atoms with van der Waals surface area (Å²) in [4.78, 5) is 30.0. The molecule has 28 heavy (non-hydrogen) atoms. The standard InChI is InChI=1S/C16H20N8O2S2/c1-15(2)10(11-18-21-22-19-11)23-13(26)9(14(23)28-15)24-12(25)8(17-16(24,3)4)7-5-6-27-20-7/h5-6,8-10,14,17H,1-4H3,(H,18,19,21,22)/t8?,9?,10?,14-/m0/s1. The minimum atomic E-state index is -0.658. The number of hydrogen-bond donors (Lipinski definition) is 2. The largest absolute Gasteiger partial charge is 0.314 e. The molecule has 5 heterocycles. The van der Waals surface area contributed by atoms with Crippen molar-refractivity contribution < 1.29 is 9.59 Å². The van der Waals surface area contributed by atoms with Gasteiger partial charge < -0.3 is 9.80 Å². The number of tetrazole rings is 1. The molecule has 5 rings (SSSR count). The fraction of sp³-hybridized carbons (Fsp3) is 0.625. The molecule has 0 aromatic carbocycles. The molecule has 2 N–H and O–H groups in total. The van der Waals surface area contributed by atoms with Crippen molar-refractivity contribution in [3.63, 3.8) is 0 Å². The van der Waals surface area contributed by atoms with E-state index >= 15 is 0 Å². The first-order valence-corrected chi connectivity index (χ1v) is 10.7. The number of rotatable bonds is 3. The van der Waals surface area contributed by atoms with E-state index in [9.17, 15) is 9.59 Å². The Morgan fingerprint density at radius 1 is 1.18 bits per heavy atom. The summed E-state index contributed by atoms with van der Waals surface area (Å²) in [5.74, 6) is 0.376. The Bertz CT molecular complexity index is 929. The van der Waals surface area contributed by atoms with E-state index in [0.717, 1.165) is 0 Å². The maximum absolute atomic E-state index is 13.3. The molecular weight excluding hydrogens is 400 g/mol. The zero-order chi connectivity index (χ0) is 19.8. The van der Waals surface area contributed by atoms with Gasteiger partial charge in [0.25, 0.3) is 0 Å². The van der Waals surface area contributed by atoms with E-state index in [1.165, 1.54) is 11.5 Å². The highest BCUT2D eigenvalue weighted by Crippen LogP contribution is 2.58. The maximum atomic E-state index is 13.3. The van der Waals surface area contributed by atoms with E-state index in [1.54, 1.807) is 21.6 Å². The van der Waals surface area contributed by atoms with Gasteiger partial charge in [0, 0.05) is 10.1 Å². The molecule has 3 fully saturated rings. The SMILES string of the molecule is CC1(C)S[C@H]2C(N3C(=O)C(c4ccsn4)NC3(C)C)C(=O)N2C1c1nnn[nH]1. The van der Waals surface area contributed by atoms with Crippen LogP contribution in [0.1, 0.15) is 51.3 Å². The van der Waals surface area contributed by atoms with Crippen molar-refractivity contribution in [2.45, 2.75) is 61.6 Å². The van der Waals surface area contributed by atoms with Gasteiger partial charge in [-0.3, -0.25) is 14.9 Å². The Morgan fingerprint density at radius 3 is 2.61 bits per heavy atom. The predicted octanol–water partition coefficient (Wildman–Crippen LogP) is 0.669. The first-order valence-electron chi connectivity index (χ1n) is 8.97. The Balaban J connectivity index is 1.47. The van der Waals surface area contributed by atoms with E-state index in [0.29, 0.717) is 11.5 Å². The fourth-order valence-electron chi connectivity index (χ4n) is 4.51. The van der Waals surface area contributed by atoms with Gasteiger partial charge in [-0.05, 0) is 55.7 Å². The molecule has 3 aliphatic rings. The van der Waals surface area contributed by atoms with E-state index in [1.807, 2.05) is 25.3 Å². The van der Waals surface area contributed by atoms with Crippen LogP contribution in [0.15, 0.2) is 11.4 Å². The van der Waals surface area contributed by atoms with Crippen LogP contribution in [0.5, 0.6) is 0 Å². The number of H-pyrrole nitrogens is 1. The summed E-state index contributed by atoms with van der Waals surface area (Å²) < 4.78 is 4.02. The van der Waals surface area contributed by atoms with Gasteiger partial charge in [0.2, 0.25) is 11.8 Å². The molecule has 3 aliphatic heterocycles. The van der Waals surface area contributed by atoms with Crippen molar-refractivity contribution in [2.75, 3.05) is 0 Å². The molecule has 4 atom stereocenters. The topological polar surface area (TPSA) is 120 Å². The average Bonchev–Trinajstić information content (AvgIpc) is 3.38. The third-order valence-electron chi connectivity index (χ3n) is 5.65. The quantitative estimate of drug-likeness (QED) is 0.695. The van der Waals surface area contributed by atoms with Crippen LogP contribution < -0.4 is 5.32 Å². The molecule has 12 heteroatoms. The van der Waals surface area contributed by atoms with Crippen LogP contribution in [0.3, 0.4) is 0 Å². The molecule has 0 aliphatic carbocycles. The van der Waals surface area contributed by atoms with Crippen LogP contribution in [0.4, 0.5) is 0 Å². The van der Waals surface area contributed by atoms with Crippen LogP contribution in [0, 0.1) is 0 Å². The third kappa shape index (κ3) is 2.31. The summed E-state index contributed by atoms with van der Waals surface area (Å²) in [5.41, 5.74) is 0.0354. The summed E-state index contributed by atoms with van der Waals surface area (Å²) in [6.07, 6.45) is 0. The van der Waals surface area contributed by atoms with Crippen molar-refractivity contribution in [1.29, 1.82) is 0 Å². The molecular formula is C16H20N8O2S2. The second-order valence-electron chi connectivity index (χ2n) is 8.26. The zero-order valence-electron chi connectivity index (χ0n) is 15.8. The Morgan fingerprint density at radius 2 is 1.96 bits per heavy atom. The molecule has 0 saturated carbocycles. The number of hydrogen-bond acceptors (Lipinski definition) is 9. The highest BCUT2D eigenvalue weighted by molar-refractivity contribution is 8.01. The highest BCUT2D eigenvalue weighted by Gasteiger charge is 2.67. The Hall–Kier alpha value is -2.05. The lowest BCUT2D eigenvalue weighted by Gasteiger charge is -2.50. The average molecular weight is 421 g/mol. The predicted molar refractivity (Wildman–Crippen MR) is 102 cm³/mol. The lowest BCUT2D eigenvalue weighted by molar-refractivity contribution is -0.165. The smallest absolute Gasteiger partial charge is 0.250 e. The molecule has 3 unspecified atom stereocenters. The van der Waals surface area contributed by atoms with E-state index < -0.39 is 17.7 Å². The second-order valence-corrected chi connectivity index (χ2v) is 10.7. The lowest BCUT2D eigenvalue weighted by Crippen LogP contribution is -2.71. The molecule has 0 bridgehead atoms. The summed E-state index contributed by atoms with van der Waals surface area (Å²) in [6.45, 7) is 7.99. The van der Waals surface area contributed by atoms with Gasteiger partial charge in [0.05, 0.1) is 11.4 Å². The number of nitrogens with one attached hydrogen (secondary N) is 2. The molecule has 3 saturated heterocycles. The van der Waals surface area contributed by atoms with Crippen molar-refractivity contribution in [2.24, 2.45) is 0 Å². The highest BCUT2D eigenvalue weighted by atomic mass is 32.2. The van der Waals surface area contributed by atoms with E-state index in [-0.39, 0.29) is 28.0 Å². The number of amides is 2. The molecule has 0 radical (unpaired) electrons. The van der Waals surface area contributed by atoms with Crippen LogP contribution in [0.2, 0.25) is 0 Å². The summed E-state index contributed by atoms with van der Waals surface area (Å²) in [6, 6.07) is 0.527. The van der Waals surface area contributed by atoms with Crippen LogP contribution in [-0.4, -0.2) is 68.4 Å². The van der Waals surface area contributed by atoms with Crippen LogP contribution in [0.25, 0.3) is 0 Å². The minimum Gasteiger partial charge on any atom is -0.314 e. The van der Waals surface area contributed by atoms with Gasteiger partial charge in [-0.2, -0.15) is 4.37 Å². The van der Waals surface area contributed by atoms with E-state index in [2.05, 4.69) is 44.2 Å². The zero-order valence-corrected chi connectivity index (χ0v) is 17.4. The number of carbonyl (C=O) groups is 2. The van der Waals surface area contributed by atoms with Crippen molar-refractivity contribution in [1.82, 2.24) is 40.1 Å². The lowest BCUT2D eigenvalue weighted by atomic mass is 9.93. The number of carbonyl (C=O) groups excluding carboxylic acids is 2. The third-order valence-corrected chi connectivity index (χ3v) is 7.78. The Kier molecular flexibility index (Phi) is 3.69. The van der Waals surface area contributed by atoms with Gasteiger partial charge in [-0.25, -0.2) is 5.10 Å². The summed E-state index contributed by atoms with van der Waals surface area (Å²) in [5, 5.41) is 19.2. The van der Waals surface area contributed by atoms with Gasteiger partial charge in [-0.15, -0.1) is 16.9 Å². The summed E-state index contributed by atoms with van der Waals surface area (Å²) >= 11 is 2.99. The maximum Gasteiger partial charge on any atom is 0.250 e. The minimum absolute atomic E-state index is 0.0772. The number of aromatic amines is 1. The molecule has 148 valence electrons. The molecule has 0 spiro atoms. The van der Waals surface area contributed by atoms with Gasteiger partial charge in [0.1, 0.15) is 23.5 Å². The van der Waals surface area contributed by atoms with Crippen molar-refractivity contribution >= 4 is 35.1 Å².